The fourth-order valence-electron chi connectivity index (χ4n) is 6.91. The zero-order valence-corrected chi connectivity index (χ0v) is 32.5. The van der Waals surface area contributed by atoms with Gasteiger partial charge in [0.25, 0.3) is 5.91 Å². The minimum absolute atomic E-state index is 0. The molecule has 11 nitrogen and oxygen atoms in total. The van der Waals surface area contributed by atoms with Crippen molar-refractivity contribution in [2.75, 3.05) is 19.5 Å². The standard InChI is InChI=1S/C44H37F3N4O7.ClH/c1-55-38-16-7-27(17-34(38)44(45,46)47)24-57-33-14-12-30(13-15-33)40-42(53)50-35-19-31-20-36(49-23-32(31)21-39(35)58-40)41(52)51-37(43(54)56-2)18-25-3-8-28(9-4-25)29-10-5-26(22-48)6-11-29;/h3-17,19,21,36-37,40,49H,18,20,23-24H2,1-2H3,(H,50,53)(H,51,52);1H/t36?,37?,40-;/m0./s1. The Morgan fingerprint density at radius 1 is 0.915 bits per heavy atom. The number of anilines is 1. The highest BCUT2D eigenvalue weighted by Gasteiger charge is 2.35. The number of rotatable bonds is 11. The number of hydrogen-bond acceptors (Lipinski definition) is 9. The minimum atomic E-state index is -4.58. The van der Waals surface area contributed by atoms with Gasteiger partial charge in [0, 0.05) is 18.5 Å². The maximum Gasteiger partial charge on any atom is 0.419 e. The molecule has 0 radical (unpaired) electrons. The van der Waals surface area contributed by atoms with Gasteiger partial charge in [0.05, 0.1) is 43.1 Å². The van der Waals surface area contributed by atoms with Gasteiger partial charge in [-0.2, -0.15) is 18.4 Å². The number of amides is 2. The second-order valence-electron chi connectivity index (χ2n) is 13.8. The molecule has 2 amide bonds. The van der Waals surface area contributed by atoms with Crippen LogP contribution in [0.25, 0.3) is 11.1 Å². The summed E-state index contributed by atoms with van der Waals surface area (Å²) in [6.07, 6.45) is -5.07. The van der Waals surface area contributed by atoms with E-state index in [2.05, 4.69) is 22.0 Å². The van der Waals surface area contributed by atoms with Crippen molar-refractivity contribution in [3.63, 3.8) is 0 Å². The Balaban J connectivity index is 0.00000585. The lowest BCUT2D eigenvalue weighted by Crippen LogP contribution is -2.53. The van der Waals surface area contributed by atoms with E-state index in [0.717, 1.165) is 33.9 Å². The van der Waals surface area contributed by atoms with Gasteiger partial charge in [-0.15, -0.1) is 12.4 Å². The third kappa shape index (κ3) is 9.60. The molecule has 0 spiro atoms. The molecule has 0 aliphatic carbocycles. The van der Waals surface area contributed by atoms with Gasteiger partial charge in [-0.1, -0.05) is 54.6 Å². The molecular formula is C44H38ClF3N4O7. The van der Waals surface area contributed by atoms with Crippen LogP contribution in [0.15, 0.2) is 103 Å². The molecule has 5 aromatic carbocycles. The highest BCUT2D eigenvalue weighted by atomic mass is 35.5. The van der Waals surface area contributed by atoms with Crippen LogP contribution in [0.2, 0.25) is 0 Å². The van der Waals surface area contributed by atoms with Crippen LogP contribution >= 0.6 is 12.4 Å². The Labute approximate surface area is 343 Å². The summed E-state index contributed by atoms with van der Waals surface area (Å²) >= 11 is 0. The molecule has 0 saturated heterocycles. The van der Waals surface area contributed by atoms with E-state index in [1.165, 1.54) is 26.4 Å². The second kappa shape index (κ2) is 17.9. The topological polar surface area (TPSA) is 148 Å². The number of hydrogen-bond donors (Lipinski definition) is 3. The highest BCUT2D eigenvalue weighted by Crippen LogP contribution is 2.39. The molecule has 3 atom stereocenters. The number of nitriles is 1. The molecule has 3 N–H and O–H groups in total. The number of benzene rings is 5. The number of carbonyl (C=O) groups excluding carboxylic acids is 3. The Morgan fingerprint density at radius 3 is 2.24 bits per heavy atom. The van der Waals surface area contributed by atoms with Gasteiger partial charge >= 0.3 is 12.1 Å². The summed E-state index contributed by atoms with van der Waals surface area (Å²) in [5.74, 6) is -0.813. The number of halogens is 4. The summed E-state index contributed by atoms with van der Waals surface area (Å²) in [7, 11) is 2.44. The maximum atomic E-state index is 13.5. The molecule has 0 aromatic heterocycles. The average molecular weight is 827 g/mol. The van der Waals surface area contributed by atoms with Crippen LogP contribution in [0.5, 0.6) is 17.2 Å². The van der Waals surface area contributed by atoms with E-state index in [0.29, 0.717) is 40.4 Å². The normalized spacial score (nSPS) is 16.0. The zero-order valence-electron chi connectivity index (χ0n) is 31.7. The van der Waals surface area contributed by atoms with Crippen molar-refractivity contribution in [3.8, 4) is 34.4 Å². The Kier molecular flexibility index (Phi) is 12.8. The van der Waals surface area contributed by atoms with Gasteiger partial charge in [-0.3, -0.25) is 9.59 Å². The fourth-order valence-corrected chi connectivity index (χ4v) is 6.91. The molecule has 7 rings (SSSR count). The van der Waals surface area contributed by atoms with Crippen LogP contribution < -0.4 is 30.2 Å². The van der Waals surface area contributed by atoms with Crippen molar-refractivity contribution in [2.24, 2.45) is 0 Å². The number of nitrogens with zero attached hydrogens (tertiary/aromatic N) is 1. The monoisotopic (exact) mass is 826 g/mol. The van der Waals surface area contributed by atoms with Gasteiger partial charge in [-0.05, 0) is 88.3 Å². The van der Waals surface area contributed by atoms with Crippen molar-refractivity contribution in [3.05, 3.63) is 142 Å². The van der Waals surface area contributed by atoms with Gasteiger partial charge < -0.3 is 34.9 Å². The largest absolute Gasteiger partial charge is 0.496 e. The van der Waals surface area contributed by atoms with Crippen LogP contribution in [-0.2, 0) is 51.3 Å². The van der Waals surface area contributed by atoms with Gasteiger partial charge in [-0.25, -0.2) is 4.79 Å². The molecule has 2 unspecified atom stereocenters. The maximum absolute atomic E-state index is 13.5. The van der Waals surface area contributed by atoms with E-state index < -0.39 is 41.8 Å². The third-order valence-corrected chi connectivity index (χ3v) is 10.0. The van der Waals surface area contributed by atoms with Crippen LogP contribution in [0.4, 0.5) is 18.9 Å². The van der Waals surface area contributed by atoms with E-state index >= 15 is 0 Å². The average Bonchev–Trinajstić information content (AvgIpc) is 3.24. The van der Waals surface area contributed by atoms with Crippen molar-refractivity contribution >= 4 is 35.9 Å². The molecule has 2 aliphatic rings. The Bertz CT molecular complexity index is 2390. The molecule has 0 bridgehead atoms. The van der Waals surface area contributed by atoms with Crippen LogP contribution in [-0.4, -0.2) is 44.1 Å². The SMILES string of the molecule is COC(=O)C(Cc1ccc(-c2ccc(C#N)cc2)cc1)NC(=O)C1Cc2cc3c(cc2CN1)O[C@@H](c1ccc(OCc2ccc(OC)c(C(F)(F)F)c2)cc1)C(=O)N3.Cl. The first-order chi connectivity index (χ1) is 27.9. The van der Waals surface area contributed by atoms with Crippen molar-refractivity contribution in [1.29, 1.82) is 5.26 Å². The quantitative estimate of drug-likeness (QED) is 0.117. The highest BCUT2D eigenvalue weighted by molar-refractivity contribution is 5.98. The van der Waals surface area contributed by atoms with Crippen molar-refractivity contribution in [1.82, 2.24) is 10.6 Å². The van der Waals surface area contributed by atoms with E-state index in [1.807, 2.05) is 42.5 Å². The molecule has 5 aromatic rings. The smallest absolute Gasteiger partial charge is 0.419 e. The molecule has 2 aliphatic heterocycles. The molecule has 15 heteroatoms. The van der Waals surface area contributed by atoms with E-state index in [1.54, 1.807) is 42.5 Å². The first-order valence-corrected chi connectivity index (χ1v) is 18.2. The molecular weight excluding hydrogens is 789 g/mol. The summed E-state index contributed by atoms with van der Waals surface area (Å²) in [5, 5.41) is 18.0. The second-order valence-corrected chi connectivity index (χ2v) is 13.8. The molecule has 2 heterocycles. The number of ether oxygens (including phenoxy) is 4. The predicted molar refractivity (Wildman–Crippen MR) is 213 cm³/mol. The number of esters is 1. The molecule has 304 valence electrons. The first-order valence-electron chi connectivity index (χ1n) is 18.2. The Hall–Kier alpha value is -6.56. The van der Waals surface area contributed by atoms with E-state index in [9.17, 15) is 27.6 Å². The summed E-state index contributed by atoms with van der Waals surface area (Å²) in [5.41, 5.74) is 5.37. The number of carbonyl (C=O) groups is 3. The van der Waals surface area contributed by atoms with Crippen molar-refractivity contribution in [2.45, 2.75) is 50.4 Å². The van der Waals surface area contributed by atoms with Crippen LogP contribution in [0, 0.1) is 11.3 Å². The lowest BCUT2D eigenvalue weighted by Gasteiger charge is -2.31. The lowest BCUT2D eigenvalue weighted by atomic mass is 9.93. The molecule has 0 saturated carbocycles. The van der Waals surface area contributed by atoms with Crippen LogP contribution in [0.3, 0.4) is 0 Å². The molecule has 0 fully saturated rings. The minimum Gasteiger partial charge on any atom is -0.496 e. The predicted octanol–water partition coefficient (Wildman–Crippen LogP) is 7.24. The van der Waals surface area contributed by atoms with Gasteiger partial charge in [0.1, 0.15) is 29.9 Å². The molecule has 59 heavy (non-hydrogen) atoms. The van der Waals surface area contributed by atoms with Gasteiger partial charge in [0.2, 0.25) is 12.0 Å². The van der Waals surface area contributed by atoms with Crippen molar-refractivity contribution < 1.29 is 46.5 Å². The fraction of sp³-hybridized carbons (Fsp3) is 0.227. The first kappa shape index (κ1) is 42.1. The summed E-state index contributed by atoms with van der Waals surface area (Å²) < 4.78 is 62.0. The summed E-state index contributed by atoms with van der Waals surface area (Å²) in [4.78, 5) is 39.5. The lowest BCUT2D eigenvalue weighted by molar-refractivity contribution is -0.145. The van der Waals surface area contributed by atoms with Crippen LogP contribution in [0.1, 0.15) is 45.0 Å². The van der Waals surface area contributed by atoms with E-state index in [4.69, 9.17) is 24.2 Å². The van der Waals surface area contributed by atoms with E-state index in [-0.39, 0.29) is 43.5 Å². The number of alkyl halides is 3. The Morgan fingerprint density at radius 2 is 1.59 bits per heavy atom. The number of methoxy groups -OCH3 is 2. The number of nitrogens with one attached hydrogen (secondary N) is 3. The zero-order chi connectivity index (χ0) is 41.0. The van der Waals surface area contributed by atoms with Gasteiger partial charge in [0.15, 0.2) is 0 Å². The third-order valence-electron chi connectivity index (χ3n) is 10.0. The summed E-state index contributed by atoms with van der Waals surface area (Å²) in [6.45, 7) is 0.206. The number of fused-ring (bicyclic) bond motifs is 2. The summed E-state index contributed by atoms with van der Waals surface area (Å²) in [6, 6.07) is 29.2.